The van der Waals surface area contributed by atoms with Crippen LogP contribution < -0.4 is 5.73 Å². The molecular weight excluding hydrogens is 228 g/mol. The normalized spacial score (nSPS) is 12.3. The van der Waals surface area contributed by atoms with E-state index in [4.69, 9.17) is 15.7 Å². The maximum absolute atomic E-state index is 8.72. The fourth-order valence-electron chi connectivity index (χ4n) is 1.91. The number of nitriles is 1. The average molecular weight is 248 g/mol. The zero-order valence-electron chi connectivity index (χ0n) is 10.7. The molecule has 1 rings (SSSR count). The minimum Gasteiger partial charge on any atom is -0.383 e. The Hall–Kier alpha value is -1.48. The summed E-state index contributed by atoms with van der Waals surface area (Å²) in [5, 5.41) is 8.72. The highest BCUT2D eigenvalue weighted by Gasteiger charge is 2.18. The molecule has 0 saturated carbocycles. The zero-order chi connectivity index (χ0) is 13.2. The minimum atomic E-state index is 0.108. The molecule has 0 bridgehead atoms. The van der Waals surface area contributed by atoms with Crippen molar-refractivity contribution in [1.82, 2.24) is 9.88 Å². The summed E-state index contributed by atoms with van der Waals surface area (Å²) >= 11 is 0. The van der Waals surface area contributed by atoms with Crippen LogP contribution in [0, 0.1) is 11.3 Å². The molecule has 98 valence electrons. The van der Waals surface area contributed by atoms with E-state index < -0.39 is 0 Å². The lowest BCUT2D eigenvalue weighted by Gasteiger charge is -2.30. The van der Waals surface area contributed by atoms with Gasteiger partial charge in [-0.05, 0) is 17.7 Å². The molecule has 18 heavy (non-hydrogen) atoms. The smallest absolute Gasteiger partial charge is 0.0635 e. The molecule has 0 amide bonds. The number of nitrogens with zero attached hydrogens (tertiary/aromatic N) is 3. The number of ether oxygens (including phenoxy) is 1. The lowest BCUT2D eigenvalue weighted by molar-refractivity contribution is 0.123. The van der Waals surface area contributed by atoms with Gasteiger partial charge in [-0.2, -0.15) is 5.26 Å². The van der Waals surface area contributed by atoms with Gasteiger partial charge in [0.15, 0.2) is 0 Å². The quantitative estimate of drug-likeness (QED) is 0.741. The van der Waals surface area contributed by atoms with Gasteiger partial charge in [-0.15, -0.1) is 0 Å². The molecule has 0 aliphatic rings. The standard InChI is InChI=1S/C13H20N4O/c1-18-10-9-17(8-2-5-14)13(11-15)12-3-6-16-7-4-12/h3-4,6-7,13H,2,8-11,15H2,1H3. The Balaban J connectivity index is 2.76. The van der Waals surface area contributed by atoms with E-state index in [1.54, 1.807) is 19.5 Å². The fraction of sp³-hybridized carbons (Fsp3) is 0.538. The molecule has 0 spiro atoms. The second kappa shape index (κ2) is 8.59. The first-order chi connectivity index (χ1) is 8.83. The van der Waals surface area contributed by atoms with Gasteiger partial charge in [-0.1, -0.05) is 0 Å². The Morgan fingerprint density at radius 1 is 1.44 bits per heavy atom. The van der Waals surface area contributed by atoms with Crippen molar-refractivity contribution in [3.05, 3.63) is 30.1 Å². The summed E-state index contributed by atoms with van der Waals surface area (Å²) in [6.07, 6.45) is 4.01. The lowest BCUT2D eigenvalue weighted by atomic mass is 10.1. The highest BCUT2D eigenvalue weighted by atomic mass is 16.5. The van der Waals surface area contributed by atoms with E-state index in [-0.39, 0.29) is 6.04 Å². The summed E-state index contributed by atoms with van der Waals surface area (Å²) in [5.41, 5.74) is 6.99. The first-order valence-corrected chi connectivity index (χ1v) is 6.03. The third-order valence-electron chi connectivity index (χ3n) is 2.85. The second-order valence-corrected chi connectivity index (χ2v) is 3.97. The van der Waals surface area contributed by atoms with Crippen LogP contribution in [0.1, 0.15) is 18.0 Å². The van der Waals surface area contributed by atoms with Crippen LogP contribution in [0.2, 0.25) is 0 Å². The van der Waals surface area contributed by atoms with Gasteiger partial charge in [0.2, 0.25) is 0 Å². The van der Waals surface area contributed by atoms with E-state index in [1.165, 1.54) is 0 Å². The van der Waals surface area contributed by atoms with Crippen molar-refractivity contribution in [2.45, 2.75) is 12.5 Å². The van der Waals surface area contributed by atoms with Crippen molar-refractivity contribution < 1.29 is 4.74 Å². The monoisotopic (exact) mass is 248 g/mol. The molecule has 0 radical (unpaired) electrons. The topological polar surface area (TPSA) is 75.2 Å². The van der Waals surface area contributed by atoms with Crippen molar-refractivity contribution in [3.63, 3.8) is 0 Å². The van der Waals surface area contributed by atoms with Crippen LogP contribution in [0.4, 0.5) is 0 Å². The van der Waals surface area contributed by atoms with Gasteiger partial charge >= 0.3 is 0 Å². The van der Waals surface area contributed by atoms with E-state index >= 15 is 0 Å². The van der Waals surface area contributed by atoms with Gasteiger partial charge in [0.1, 0.15) is 0 Å². The van der Waals surface area contributed by atoms with Gasteiger partial charge < -0.3 is 10.5 Å². The molecule has 2 N–H and O–H groups in total. The number of hydrogen-bond donors (Lipinski definition) is 1. The third-order valence-corrected chi connectivity index (χ3v) is 2.85. The summed E-state index contributed by atoms with van der Waals surface area (Å²) in [7, 11) is 1.67. The van der Waals surface area contributed by atoms with Gasteiger partial charge in [0.05, 0.1) is 12.7 Å². The molecule has 0 saturated heterocycles. The first-order valence-electron chi connectivity index (χ1n) is 6.03. The highest BCUT2D eigenvalue weighted by molar-refractivity contribution is 5.15. The number of rotatable bonds is 8. The van der Waals surface area contributed by atoms with E-state index in [0.29, 0.717) is 26.1 Å². The summed E-state index contributed by atoms with van der Waals surface area (Å²) in [5.74, 6) is 0. The first kappa shape index (κ1) is 14.6. The Kier molecular flexibility index (Phi) is 6.96. The molecule has 0 aliphatic heterocycles. The molecule has 5 heteroatoms. The maximum Gasteiger partial charge on any atom is 0.0635 e. The van der Waals surface area contributed by atoms with Gasteiger partial charge in [-0.25, -0.2) is 0 Å². The number of pyridine rings is 1. The molecule has 1 aromatic heterocycles. The number of nitrogens with two attached hydrogens (primary N) is 1. The summed E-state index contributed by atoms with van der Waals surface area (Å²) < 4.78 is 5.11. The van der Waals surface area contributed by atoms with Crippen LogP contribution in [0.15, 0.2) is 24.5 Å². The van der Waals surface area contributed by atoms with Crippen molar-refractivity contribution in [2.24, 2.45) is 5.73 Å². The van der Waals surface area contributed by atoms with E-state index in [1.807, 2.05) is 12.1 Å². The van der Waals surface area contributed by atoms with Gasteiger partial charge in [-0.3, -0.25) is 9.88 Å². The molecule has 0 aliphatic carbocycles. The number of aromatic nitrogens is 1. The fourth-order valence-corrected chi connectivity index (χ4v) is 1.91. The largest absolute Gasteiger partial charge is 0.383 e. The average Bonchev–Trinajstić information content (AvgIpc) is 2.43. The second-order valence-electron chi connectivity index (χ2n) is 3.97. The Morgan fingerprint density at radius 3 is 2.72 bits per heavy atom. The SMILES string of the molecule is COCCN(CCC#N)C(CN)c1ccncc1. The minimum absolute atomic E-state index is 0.108. The molecule has 1 atom stereocenters. The van der Waals surface area contributed by atoms with Crippen molar-refractivity contribution in [3.8, 4) is 6.07 Å². The summed E-state index contributed by atoms with van der Waals surface area (Å²) in [6, 6.07) is 6.20. The Morgan fingerprint density at radius 2 is 2.17 bits per heavy atom. The highest BCUT2D eigenvalue weighted by Crippen LogP contribution is 2.18. The van der Waals surface area contributed by atoms with E-state index in [0.717, 1.165) is 12.1 Å². The van der Waals surface area contributed by atoms with Crippen LogP contribution >= 0.6 is 0 Å². The predicted molar refractivity (Wildman–Crippen MR) is 69.7 cm³/mol. The van der Waals surface area contributed by atoms with Crippen LogP contribution in [0.25, 0.3) is 0 Å². The molecule has 1 unspecified atom stereocenters. The van der Waals surface area contributed by atoms with Crippen LogP contribution in [-0.2, 0) is 4.74 Å². The summed E-state index contributed by atoms with van der Waals surface area (Å²) in [6.45, 7) is 2.61. The maximum atomic E-state index is 8.72. The van der Waals surface area contributed by atoms with Gasteiger partial charge in [0, 0.05) is 51.6 Å². The molecule has 1 aromatic rings. The number of hydrogen-bond acceptors (Lipinski definition) is 5. The van der Waals surface area contributed by atoms with Crippen molar-refractivity contribution in [1.29, 1.82) is 5.26 Å². The molecule has 1 heterocycles. The van der Waals surface area contributed by atoms with Crippen molar-refractivity contribution >= 4 is 0 Å². The van der Waals surface area contributed by atoms with Crippen LogP contribution in [-0.4, -0.2) is 43.2 Å². The van der Waals surface area contributed by atoms with E-state index in [9.17, 15) is 0 Å². The number of methoxy groups -OCH3 is 1. The summed E-state index contributed by atoms with van der Waals surface area (Å²) in [4.78, 5) is 6.19. The van der Waals surface area contributed by atoms with Crippen LogP contribution in [0.3, 0.4) is 0 Å². The Labute approximate surface area is 108 Å². The zero-order valence-corrected chi connectivity index (χ0v) is 10.7. The van der Waals surface area contributed by atoms with E-state index in [2.05, 4.69) is 16.0 Å². The predicted octanol–water partition coefficient (Wildman–Crippen LogP) is 0.943. The Bertz CT molecular complexity index is 363. The van der Waals surface area contributed by atoms with Crippen molar-refractivity contribution in [2.75, 3.05) is 33.4 Å². The third kappa shape index (κ3) is 4.41. The molecule has 0 fully saturated rings. The molecule has 5 nitrogen and oxygen atoms in total. The lowest BCUT2D eigenvalue weighted by Crippen LogP contribution is -2.36. The van der Waals surface area contributed by atoms with Crippen LogP contribution in [0.5, 0.6) is 0 Å². The molecular formula is C13H20N4O. The van der Waals surface area contributed by atoms with Gasteiger partial charge in [0.25, 0.3) is 0 Å². The molecule has 0 aromatic carbocycles.